The molecule has 5 nitrogen and oxygen atoms in total. The summed E-state index contributed by atoms with van der Waals surface area (Å²) in [4.78, 5) is 30.9. The minimum atomic E-state index is -0.0169. The van der Waals surface area contributed by atoms with Gasteiger partial charge in [0, 0.05) is 40.5 Å². The van der Waals surface area contributed by atoms with Crippen molar-refractivity contribution < 1.29 is 9.59 Å². The zero-order chi connectivity index (χ0) is 21.1. The van der Waals surface area contributed by atoms with Gasteiger partial charge in [-0.25, -0.2) is 0 Å². The molecular formula is C23H26ClN3O2S. The first-order chi connectivity index (χ1) is 14.5. The van der Waals surface area contributed by atoms with E-state index in [1.165, 1.54) is 0 Å². The molecule has 158 valence electrons. The van der Waals surface area contributed by atoms with Crippen LogP contribution in [0.25, 0.3) is 0 Å². The van der Waals surface area contributed by atoms with E-state index in [0.717, 1.165) is 42.9 Å². The van der Waals surface area contributed by atoms with Gasteiger partial charge in [-0.3, -0.25) is 9.59 Å². The minimum Gasteiger partial charge on any atom is -0.375 e. The fourth-order valence-electron chi connectivity index (χ4n) is 3.95. The summed E-state index contributed by atoms with van der Waals surface area (Å²) in [6.45, 7) is 4.53. The van der Waals surface area contributed by atoms with Crippen molar-refractivity contribution in [2.45, 2.75) is 36.3 Å². The summed E-state index contributed by atoms with van der Waals surface area (Å²) in [5, 5.41) is 4.18. The summed E-state index contributed by atoms with van der Waals surface area (Å²) in [5.41, 5.74) is 2.13. The second-order valence-electron chi connectivity index (χ2n) is 7.77. The van der Waals surface area contributed by atoms with Crippen LogP contribution in [-0.4, -0.2) is 48.1 Å². The van der Waals surface area contributed by atoms with Crippen molar-refractivity contribution in [2.24, 2.45) is 0 Å². The van der Waals surface area contributed by atoms with Crippen LogP contribution in [0.5, 0.6) is 0 Å². The zero-order valence-corrected chi connectivity index (χ0v) is 18.6. The zero-order valence-electron chi connectivity index (χ0n) is 17.1. The lowest BCUT2D eigenvalue weighted by molar-refractivity contribution is -0.117. The molecule has 1 atom stereocenters. The van der Waals surface area contributed by atoms with Crippen LogP contribution in [0, 0.1) is 0 Å². The quantitative estimate of drug-likeness (QED) is 0.729. The highest BCUT2D eigenvalue weighted by atomic mass is 35.5. The first-order valence-corrected chi connectivity index (χ1v) is 11.7. The van der Waals surface area contributed by atoms with Gasteiger partial charge in [0.1, 0.15) is 0 Å². The molecule has 2 amide bonds. The second-order valence-corrected chi connectivity index (χ2v) is 9.69. The van der Waals surface area contributed by atoms with Gasteiger partial charge < -0.3 is 15.1 Å². The number of amides is 2. The predicted octanol–water partition coefficient (Wildman–Crippen LogP) is 4.91. The number of thioether (sulfide) groups is 1. The van der Waals surface area contributed by atoms with Gasteiger partial charge in [0.2, 0.25) is 5.91 Å². The smallest absolute Gasteiger partial charge is 0.255 e. The van der Waals surface area contributed by atoms with Crippen LogP contribution in [0.4, 0.5) is 11.4 Å². The molecule has 2 aliphatic rings. The normalized spacial score (nSPS) is 18.7. The van der Waals surface area contributed by atoms with Gasteiger partial charge in [0.15, 0.2) is 0 Å². The van der Waals surface area contributed by atoms with E-state index in [1.807, 2.05) is 39.8 Å². The van der Waals surface area contributed by atoms with E-state index in [1.54, 1.807) is 18.2 Å². The molecule has 1 saturated heterocycles. The number of hydrogen-bond acceptors (Lipinski definition) is 4. The lowest BCUT2D eigenvalue weighted by atomic mass is 10.1. The molecule has 2 aromatic rings. The Hall–Kier alpha value is -2.18. The Morgan fingerprint density at radius 1 is 1.13 bits per heavy atom. The van der Waals surface area contributed by atoms with E-state index in [0.29, 0.717) is 28.1 Å². The van der Waals surface area contributed by atoms with Crippen molar-refractivity contribution in [1.82, 2.24) is 4.90 Å². The number of hydrogen-bond donors (Lipinski definition) is 1. The van der Waals surface area contributed by atoms with Crippen molar-refractivity contribution in [2.75, 3.05) is 36.4 Å². The molecule has 0 unspecified atom stereocenters. The lowest BCUT2D eigenvalue weighted by Crippen LogP contribution is -2.37. The number of para-hydroxylation sites is 1. The van der Waals surface area contributed by atoms with Crippen LogP contribution in [0.1, 0.15) is 36.5 Å². The van der Waals surface area contributed by atoms with Crippen molar-refractivity contribution in [3.63, 3.8) is 0 Å². The third-order valence-corrected chi connectivity index (χ3v) is 7.05. The molecule has 1 N–H and O–H groups in total. The van der Waals surface area contributed by atoms with Gasteiger partial charge >= 0.3 is 0 Å². The average Bonchev–Trinajstić information content (AvgIpc) is 3.22. The van der Waals surface area contributed by atoms with Crippen LogP contribution < -0.4 is 10.2 Å². The number of carbonyl (C=O) groups is 2. The molecule has 0 saturated carbocycles. The van der Waals surface area contributed by atoms with E-state index in [2.05, 4.69) is 18.3 Å². The summed E-state index contributed by atoms with van der Waals surface area (Å²) in [6, 6.07) is 13.2. The Morgan fingerprint density at radius 2 is 1.90 bits per heavy atom. The Bertz CT molecular complexity index is 946. The molecule has 0 bridgehead atoms. The highest BCUT2D eigenvalue weighted by Crippen LogP contribution is 2.37. The van der Waals surface area contributed by atoms with E-state index in [-0.39, 0.29) is 18.4 Å². The third kappa shape index (κ3) is 4.60. The monoisotopic (exact) mass is 443 g/mol. The highest BCUT2D eigenvalue weighted by molar-refractivity contribution is 8.00. The van der Waals surface area contributed by atoms with Gasteiger partial charge in [-0.1, -0.05) is 30.7 Å². The van der Waals surface area contributed by atoms with Crippen LogP contribution in [0.2, 0.25) is 5.02 Å². The fourth-order valence-corrected chi connectivity index (χ4v) is 5.24. The summed E-state index contributed by atoms with van der Waals surface area (Å²) in [6.07, 6.45) is 3.00. The van der Waals surface area contributed by atoms with Crippen LogP contribution in [0.15, 0.2) is 47.4 Å². The number of carbonyl (C=O) groups excluding carboxylic acids is 2. The molecule has 2 aliphatic heterocycles. The van der Waals surface area contributed by atoms with E-state index < -0.39 is 0 Å². The number of likely N-dealkylation sites (tertiary alicyclic amines) is 1. The molecule has 4 rings (SSSR count). The van der Waals surface area contributed by atoms with E-state index in [4.69, 9.17) is 11.6 Å². The van der Waals surface area contributed by atoms with Gasteiger partial charge in [-0.05, 0) is 49.6 Å². The van der Waals surface area contributed by atoms with Crippen LogP contribution in [0.3, 0.4) is 0 Å². The van der Waals surface area contributed by atoms with Gasteiger partial charge in [0.05, 0.1) is 17.8 Å². The molecule has 1 fully saturated rings. The third-order valence-electron chi connectivity index (χ3n) is 5.58. The molecule has 0 spiro atoms. The molecule has 2 heterocycles. The largest absolute Gasteiger partial charge is 0.375 e. The van der Waals surface area contributed by atoms with Crippen molar-refractivity contribution in [1.29, 1.82) is 0 Å². The van der Waals surface area contributed by atoms with Crippen molar-refractivity contribution >= 4 is 46.6 Å². The highest BCUT2D eigenvalue weighted by Gasteiger charge is 2.25. The maximum atomic E-state index is 13.1. The molecule has 30 heavy (non-hydrogen) atoms. The number of anilines is 2. The Labute approximate surface area is 186 Å². The molecule has 0 aliphatic carbocycles. The van der Waals surface area contributed by atoms with Gasteiger partial charge in [-0.2, -0.15) is 0 Å². The number of rotatable bonds is 4. The second kappa shape index (κ2) is 9.31. The first kappa shape index (κ1) is 21.1. The number of halogens is 1. The summed E-state index contributed by atoms with van der Waals surface area (Å²) < 4.78 is 0. The van der Waals surface area contributed by atoms with E-state index >= 15 is 0 Å². The van der Waals surface area contributed by atoms with E-state index in [9.17, 15) is 9.59 Å². The topological polar surface area (TPSA) is 52.7 Å². The SMILES string of the molecule is C[C@H]1CCN(C(=O)CNc2cc(Cl)ccc2C(=O)N2CCCC2)c2ccccc2S1. The summed E-state index contributed by atoms with van der Waals surface area (Å²) in [7, 11) is 0. The average molecular weight is 444 g/mol. The standard InChI is InChI=1S/C23H26ClN3O2S/c1-16-10-13-27(20-6-2-3-7-21(20)30-16)22(28)15-25-19-14-17(24)8-9-18(19)23(29)26-11-4-5-12-26/h2-3,6-9,14,16,25H,4-5,10-13,15H2,1H3/t16-/m0/s1. The lowest BCUT2D eigenvalue weighted by Gasteiger charge is -2.24. The number of fused-ring (bicyclic) bond motifs is 1. The molecular weight excluding hydrogens is 418 g/mol. The Morgan fingerprint density at radius 3 is 2.70 bits per heavy atom. The predicted molar refractivity (Wildman–Crippen MR) is 124 cm³/mol. The van der Waals surface area contributed by atoms with Gasteiger partial charge in [0.25, 0.3) is 5.91 Å². The van der Waals surface area contributed by atoms with Crippen LogP contribution >= 0.6 is 23.4 Å². The Balaban J connectivity index is 1.52. The minimum absolute atomic E-state index is 0.00976. The van der Waals surface area contributed by atoms with Gasteiger partial charge in [-0.15, -0.1) is 11.8 Å². The number of benzene rings is 2. The summed E-state index contributed by atoms with van der Waals surface area (Å²) >= 11 is 8.00. The maximum Gasteiger partial charge on any atom is 0.255 e. The molecule has 0 aromatic heterocycles. The first-order valence-electron chi connectivity index (χ1n) is 10.4. The molecule has 2 aromatic carbocycles. The van der Waals surface area contributed by atoms with Crippen molar-refractivity contribution in [3.8, 4) is 0 Å². The molecule has 7 heteroatoms. The number of nitrogens with one attached hydrogen (secondary N) is 1. The number of nitrogens with zero attached hydrogens (tertiary/aromatic N) is 2. The van der Waals surface area contributed by atoms with Crippen LogP contribution in [-0.2, 0) is 4.79 Å². The van der Waals surface area contributed by atoms with Crippen molar-refractivity contribution in [3.05, 3.63) is 53.1 Å². The molecule has 0 radical (unpaired) electrons. The summed E-state index contributed by atoms with van der Waals surface area (Å²) in [5.74, 6) is -0.0267. The Kier molecular flexibility index (Phi) is 6.54. The maximum absolute atomic E-state index is 13.1. The fraction of sp³-hybridized carbons (Fsp3) is 0.391.